The van der Waals surface area contributed by atoms with Gasteiger partial charge in [0, 0.05) is 51.4 Å². The second-order valence-corrected chi connectivity index (χ2v) is 4.85. The summed E-state index contributed by atoms with van der Waals surface area (Å²) in [6, 6.07) is 0. The number of rotatable bonds is 3. The van der Waals surface area contributed by atoms with E-state index in [0.717, 1.165) is 58.1 Å². The van der Waals surface area contributed by atoms with Crippen molar-refractivity contribution in [1.29, 1.82) is 0 Å². The molecule has 6 nitrogen and oxygen atoms in total. The van der Waals surface area contributed by atoms with Gasteiger partial charge in [-0.1, -0.05) is 0 Å². The van der Waals surface area contributed by atoms with Gasteiger partial charge in [-0.2, -0.15) is 0 Å². The molecule has 0 spiro atoms. The zero-order valence-electron chi connectivity index (χ0n) is 11.0. The average molecular weight is 264 g/mol. The van der Waals surface area contributed by atoms with Gasteiger partial charge in [0.05, 0.1) is 13.2 Å². The summed E-state index contributed by atoms with van der Waals surface area (Å²) in [5.74, 6) is 1.53. The number of anilines is 1. The Morgan fingerprint density at radius 3 is 2.68 bits per heavy atom. The van der Waals surface area contributed by atoms with E-state index >= 15 is 0 Å². The molecule has 0 radical (unpaired) electrons. The summed E-state index contributed by atoms with van der Waals surface area (Å²) in [7, 11) is 0. The molecule has 2 fully saturated rings. The molecule has 0 amide bonds. The highest BCUT2D eigenvalue weighted by Crippen LogP contribution is 2.25. The summed E-state index contributed by atoms with van der Waals surface area (Å²) in [5, 5.41) is 3.34. The molecule has 1 aromatic heterocycles. The van der Waals surface area contributed by atoms with E-state index in [-0.39, 0.29) is 6.10 Å². The highest BCUT2D eigenvalue weighted by atomic mass is 16.5. The topological polar surface area (TPSA) is 59.5 Å². The Kier molecular flexibility index (Phi) is 4.10. The molecule has 0 saturated carbocycles. The highest BCUT2D eigenvalue weighted by Gasteiger charge is 2.21. The van der Waals surface area contributed by atoms with E-state index in [2.05, 4.69) is 20.2 Å². The van der Waals surface area contributed by atoms with Crippen molar-refractivity contribution in [2.24, 2.45) is 0 Å². The minimum absolute atomic E-state index is 0.201. The number of hydrogen-bond donors (Lipinski definition) is 1. The lowest BCUT2D eigenvalue weighted by Crippen LogP contribution is -2.44. The van der Waals surface area contributed by atoms with Crippen LogP contribution < -0.4 is 15.0 Å². The van der Waals surface area contributed by atoms with Crippen LogP contribution in [0.3, 0.4) is 0 Å². The second-order valence-electron chi connectivity index (χ2n) is 4.85. The first-order valence-corrected chi connectivity index (χ1v) is 6.94. The van der Waals surface area contributed by atoms with Crippen LogP contribution >= 0.6 is 0 Å². The van der Waals surface area contributed by atoms with E-state index in [9.17, 15) is 0 Å². The Balaban J connectivity index is 1.72. The summed E-state index contributed by atoms with van der Waals surface area (Å²) >= 11 is 0. The van der Waals surface area contributed by atoms with Gasteiger partial charge in [-0.25, -0.2) is 9.97 Å². The van der Waals surface area contributed by atoms with Crippen LogP contribution in [0.15, 0.2) is 12.4 Å². The van der Waals surface area contributed by atoms with Gasteiger partial charge < -0.3 is 19.7 Å². The Morgan fingerprint density at radius 1 is 1.16 bits per heavy atom. The van der Waals surface area contributed by atoms with Crippen LogP contribution in [0.1, 0.15) is 12.8 Å². The van der Waals surface area contributed by atoms with Gasteiger partial charge in [0.25, 0.3) is 5.88 Å². The van der Waals surface area contributed by atoms with Crippen molar-refractivity contribution >= 4 is 5.82 Å². The molecule has 2 saturated heterocycles. The van der Waals surface area contributed by atoms with Crippen molar-refractivity contribution in [2.45, 2.75) is 18.9 Å². The van der Waals surface area contributed by atoms with E-state index in [1.165, 1.54) is 0 Å². The lowest BCUT2D eigenvalue weighted by Gasteiger charge is -2.30. The van der Waals surface area contributed by atoms with Gasteiger partial charge in [-0.05, 0) is 0 Å². The second kappa shape index (κ2) is 6.16. The van der Waals surface area contributed by atoms with Crippen molar-refractivity contribution < 1.29 is 9.47 Å². The van der Waals surface area contributed by atoms with Crippen molar-refractivity contribution in [3.63, 3.8) is 0 Å². The molecular formula is C13H20N4O2. The van der Waals surface area contributed by atoms with Crippen molar-refractivity contribution in [2.75, 3.05) is 44.3 Å². The molecule has 0 unspecified atom stereocenters. The van der Waals surface area contributed by atoms with Crippen molar-refractivity contribution in [3.05, 3.63) is 12.4 Å². The zero-order chi connectivity index (χ0) is 12.9. The quantitative estimate of drug-likeness (QED) is 0.855. The van der Waals surface area contributed by atoms with Crippen molar-refractivity contribution in [3.8, 4) is 5.88 Å². The monoisotopic (exact) mass is 264 g/mol. The zero-order valence-corrected chi connectivity index (χ0v) is 11.0. The van der Waals surface area contributed by atoms with Crippen LogP contribution in [0.5, 0.6) is 5.88 Å². The number of ether oxygens (including phenoxy) is 2. The maximum absolute atomic E-state index is 6.02. The van der Waals surface area contributed by atoms with Gasteiger partial charge in [0.1, 0.15) is 6.10 Å². The van der Waals surface area contributed by atoms with Gasteiger partial charge >= 0.3 is 0 Å². The van der Waals surface area contributed by atoms with Crippen LogP contribution in [-0.4, -0.2) is 55.5 Å². The average Bonchev–Trinajstić information content (AvgIpc) is 2.50. The standard InChI is InChI=1S/C13H20N4O2/c1-9-18-10-2-11(1)19-13-12(15-3-4-16-13)17-7-5-14-6-8-17/h3-4,11,14H,1-2,5-10H2. The SMILES string of the molecule is c1cnc(N2CCNCC2)c(OC2CCOCC2)n1. The van der Waals surface area contributed by atoms with E-state index in [1.54, 1.807) is 12.4 Å². The van der Waals surface area contributed by atoms with E-state index in [4.69, 9.17) is 9.47 Å². The Hall–Kier alpha value is -1.40. The molecule has 1 N–H and O–H groups in total. The molecule has 0 aliphatic carbocycles. The largest absolute Gasteiger partial charge is 0.472 e. The molecule has 2 aliphatic rings. The fourth-order valence-corrected chi connectivity index (χ4v) is 2.45. The van der Waals surface area contributed by atoms with Crippen LogP contribution in [0, 0.1) is 0 Å². The third-order valence-corrected chi connectivity index (χ3v) is 3.51. The first kappa shape index (κ1) is 12.6. The first-order chi connectivity index (χ1) is 9.43. The summed E-state index contributed by atoms with van der Waals surface area (Å²) in [4.78, 5) is 11.0. The summed E-state index contributed by atoms with van der Waals surface area (Å²) in [6.07, 6.45) is 5.48. The van der Waals surface area contributed by atoms with Gasteiger partial charge in [0.2, 0.25) is 0 Å². The molecule has 19 heavy (non-hydrogen) atoms. The number of aromatic nitrogens is 2. The predicted molar refractivity (Wildman–Crippen MR) is 71.6 cm³/mol. The van der Waals surface area contributed by atoms with Crippen LogP contribution in [0.25, 0.3) is 0 Å². The fraction of sp³-hybridized carbons (Fsp3) is 0.692. The molecule has 0 aromatic carbocycles. The predicted octanol–water partition coefficient (Wildman–Crippen LogP) is 0.444. The van der Waals surface area contributed by atoms with Crippen molar-refractivity contribution in [1.82, 2.24) is 15.3 Å². The van der Waals surface area contributed by atoms with E-state index in [1.807, 2.05) is 0 Å². The summed E-state index contributed by atoms with van der Waals surface area (Å²) in [6.45, 7) is 5.40. The molecule has 0 atom stereocenters. The fourth-order valence-electron chi connectivity index (χ4n) is 2.45. The number of hydrogen-bond acceptors (Lipinski definition) is 6. The molecule has 3 rings (SSSR count). The Morgan fingerprint density at radius 2 is 1.89 bits per heavy atom. The first-order valence-electron chi connectivity index (χ1n) is 6.94. The minimum atomic E-state index is 0.201. The maximum Gasteiger partial charge on any atom is 0.257 e. The van der Waals surface area contributed by atoms with Gasteiger partial charge in [-0.3, -0.25) is 0 Å². The summed E-state index contributed by atoms with van der Waals surface area (Å²) in [5.41, 5.74) is 0. The molecule has 3 heterocycles. The van der Waals surface area contributed by atoms with E-state index in [0.29, 0.717) is 5.88 Å². The smallest absolute Gasteiger partial charge is 0.257 e. The molecule has 6 heteroatoms. The van der Waals surface area contributed by atoms with Crippen LogP contribution in [0.2, 0.25) is 0 Å². The number of nitrogens with one attached hydrogen (secondary N) is 1. The Labute approximate surface area is 113 Å². The molecular weight excluding hydrogens is 244 g/mol. The molecule has 104 valence electrons. The Bertz CT molecular complexity index is 403. The number of nitrogens with zero attached hydrogens (tertiary/aromatic N) is 3. The molecule has 0 bridgehead atoms. The lowest BCUT2D eigenvalue weighted by molar-refractivity contribution is 0.0237. The lowest BCUT2D eigenvalue weighted by atomic mass is 10.1. The summed E-state index contributed by atoms with van der Waals surface area (Å²) < 4.78 is 11.4. The van der Waals surface area contributed by atoms with E-state index < -0.39 is 0 Å². The number of piperazine rings is 1. The minimum Gasteiger partial charge on any atom is -0.472 e. The van der Waals surface area contributed by atoms with Gasteiger partial charge in [0.15, 0.2) is 5.82 Å². The van der Waals surface area contributed by atoms with Crippen LogP contribution in [0.4, 0.5) is 5.82 Å². The maximum atomic E-state index is 6.02. The molecule has 2 aliphatic heterocycles. The normalized spacial score (nSPS) is 21.4. The third kappa shape index (κ3) is 3.13. The molecule has 1 aromatic rings. The van der Waals surface area contributed by atoms with Gasteiger partial charge in [-0.15, -0.1) is 0 Å². The highest BCUT2D eigenvalue weighted by molar-refractivity contribution is 5.48. The van der Waals surface area contributed by atoms with Crippen LogP contribution in [-0.2, 0) is 4.74 Å². The third-order valence-electron chi connectivity index (χ3n) is 3.51.